The zero-order valence-corrected chi connectivity index (χ0v) is 11.9. The smallest absolute Gasteiger partial charge is 0.0469 e. The highest BCUT2D eigenvalue weighted by Crippen LogP contribution is 2.53. The van der Waals surface area contributed by atoms with Crippen molar-refractivity contribution in [3.63, 3.8) is 0 Å². The summed E-state index contributed by atoms with van der Waals surface area (Å²) in [5.41, 5.74) is 1.94. The van der Waals surface area contributed by atoms with Crippen molar-refractivity contribution in [3.05, 3.63) is 35.9 Å². The Morgan fingerprint density at radius 1 is 1.21 bits per heavy atom. The van der Waals surface area contributed by atoms with Gasteiger partial charge in [-0.1, -0.05) is 37.3 Å². The summed E-state index contributed by atoms with van der Waals surface area (Å²) in [5, 5.41) is 3.80. The largest absolute Gasteiger partial charge is 0.381 e. The standard InChI is InChI=1S/C17H25NO/c1-2-18-16(14-8-12-19-13-9-14)17(10-11-17)15-6-4-3-5-7-15/h3-7,14,16,18H,2,8-13H2,1H3. The molecule has 2 fully saturated rings. The van der Waals surface area contributed by atoms with E-state index in [1.807, 2.05) is 0 Å². The first-order valence-corrected chi connectivity index (χ1v) is 7.73. The van der Waals surface area contributed by atoms with Crippen LogP contribution in [0.4, 0.5) is 0 Å². The van der Waals surface area contributed by atoms with Crippen molar-refractivity contribution in [2.24, 2.45) is 5.92 Å². The van der Waals surface area contributed by atoms with Gasteiger partial charge in [-0.25, -0.2) is 0 Å². The van der Waals surface area contributed by atoms with Crippen LogP contribution in [-0.4, -0.2) is 25.8 Å². The highest BCUT2D eigenvalue weighted by atomic mass is 16.5. The average molecular weight is 259 g/mol. The second-order valence-electron chi connectivity index (χ2n) is 6.01. The minimum Gasteiger partial charge on any atom is -0.381 e. The predicted molar refractivity (Wildman–Crippen MR) is 78.4 cm³/mol. The Morgan fingerprint density at radius 2 is 1.89 bits per heavy atom. The Balaban J connectivity index is 1.83. The van der Waals surface area contributed by atoms with E-state index in [0.717, 1.165) is 25.7 Å². The van der Waals surface area contributed by atoms with Crippen LogP contribution in [0.1, 0.15) is 38.2 Å². The fraction of sp³-hybridized carbons (Fsp3) is 0.647. The molecule has 1 heterocycles. The van der Waals surface area contributed by atoms with E-state index in [4.69, 9.17) is 4.74 Å². The summed E-state index contributed by atoms with van der Waals surface area (Å²) in [6.45, 7) is 5.18. The van der Waals surface area contributed by atoms with E-state index in [-0.39, 0.29) is 0 Å². The number of nitrogens with one attached hydrogen (secondary N) is 1. The zero-order chi connectivity index (χ0) is 13.1. The third-order valence-corrected chi connectivity index (χ3v) is 4.89. The molecular formula is C17H25NO. The monoisotopic (exact) mass is 259 g/mol. The van der Waals surface area contributed by atoms with E-state index < -0.39 is 0 Å². The van der Waals surface area contributed by atoms with Gasteiger partial charge in [0.15, 0.2) is 0 Å². The number of likely N-dealkylation sites (N-methyl/N-ethyl adjacent to an activating group) is 1. The molecule has 0 bridgehead atoms. The summed E-state index contributed by atoms with van der Waals surface area (Å²) in [4.78, 5) is 0. The minimum absolute atomic E-state index is 0.402. The van der Waals surface area contributed by atoms with Crippen molar-refractivity contribution in [2.45, 2.75) is 44.1 Å². The molecule has 1 atom stereocenters. The van der Waals surface area contributed by atoms with Crippen molar-refractivity contribution in [3.8, 4) is 0 Å². The van der Waals surface area contributed by atoms with Gasteiger partial charge in [-0.3, -0.25) is 0 Å². The molecule has 1 saturated heterocycles. The van der Waals surface area contributed by atoms with Gasteiger partial charge in [0.25, 0.3) is 0 Å². The maximum absolute atomic E-state index is 5.54. The highest BCUT2D eigenvalue weighted by molar-refractivity contribution is 5.34. The van der Waals surface area contributed by atoms with Gasteiger partial charge in [0.1, 0.15) is 0 Å². The molecule has 1 aromatic carbocycles. The first-order chi connectivity index (χ1) is 9.37. The van der Waals surface area contributed by atoms with E-state index in [0.29, 0.717) is 11.5 Å². The van der Waals surface area contributed by atoms with Crippen molar-refractivity contribution in [1.82, 2.24) is 5.32 Å². The highest BCUT2D eigenvalue weighted by Gasteiger charge is 2.52. The SMILES string of the molecule is CCNC(C1CCOCC1)C1(c2ccccc2)CC1. The fourth-order valence-electron chi connectivity index (χ4n) is 3.77. The average Bonchev–Trinajstić information content (AvgIpc) is 3.28. The van der Waals surface area contributed by atoms with Crippen molar-refractivity contribution >= 4 is 0 Å². The Hall–Kier alpha value is -0.860. The molecule has 1 aromatic rings. The van der Waals surface area contributed by atoms with Gasteiger partial charge in [-0.2, -0.15) is 0 Å². The van der Waals surface area contributed by atoms with Gasteiger partial charge in [-0.05, 0) is 43.7 Å². The number of hydrogen-bond donors (Lipinski definition) is 1. The van der Waals surface area contributed by atoms with Crippen LogP contribution in [0.5, 0.6) is 0 Å². The van der Waals surface area contributed by atoms with Crippen LogP contribution in [-0.2, 0) is 10.2 Å². The minimum atomic E-state index is 0.402. The molecule has 1 N–H and O–H groups in total. The van der Waals surface area contributed by atoms with Crippen molar-refractivity contribution in [2.75, 3.05) is 19.8 Å². The lowest BCUT2D eigenvalue weighted by Gasteiger charge is -2.37. The maximum atomic E-state index is 5.54. The lowest BCUT2D eigenvalue weighted by molar-refractivity contribution is 0.0482. The van der Waals surface area contributed by atoms with E-state index in [1.54, 1.807) is 0 Å². The number of benzene rings is 1. The molecule has 1 aliphatic heterocycles. The van der Waals surface area contributed by atoms with Gasteiger partial charge in [0.2, 0.25) is 0 Å². The summed E-state index contributed by atoms with van der Waals surface area (Å²) in [5.74, 6) is 0.774. The van der Waals surface area contributed by atoms with Crippen molar-refractivity contribution in [1.29, 1.82) is 0 Å². The Labute approximate surface area is 116 Å². The van der Waals surface area contributed by atoms with Crippen LogP contribution < -0.4 is 5.32 Å². The van der Waals surface area contributed by atoms with Crippen LogP contribution in [0, 0.1) is 5.92 Å². The van der Waals surface area contributed by atoms with Gasteiger partial charge in [0, 0.05) is 24.7 Å². The van der Waals surface area contributed by atoms with E-state index in [1.165, 1.54) is 31.2 Å². The van der Waals surface area contributed by atoms with E-state index in [2.05, 4.69) is 42.6 Å². The number of hydrogen-bond acceptors (Lipinski definition) is 2. The maximum Gasteiger partial charge on any atom is 0.0469 e. The normalized spacial score (nSPS) is 24.1. The molecule has 1 aliphatic carbocycles. The molecule has 3 rings (SSSR count). The molecule has 2 aliphatic rings. The Kier molecular flexibility index (Phi) is 3.90. The molecule has 0 spiro atoms. The Bertz CT molecular complexity index is 393. The van der Waals surface area contributed by atoms with Gasteiger partial charge in [-0.15, -0.1) is 0 Å². The predicted octanol–water partition coefficient (Wildman–Crippen LogP) is 3.12. The second-order valence-corrected chi connectivity index (χ2v) is 6.01. The first-order valence-electron chi connectivity index (χ1n) is 7.73. The molecule has 104 valence electrons. The molecular weight excluding hydrogens is 234 g/mol. The summed E-state index contributed by atoms with van der Waals surface area (Å²) < 4.78 is 5.54. The van der Waals surface area contributed by atoms with Crippen molar-refractivity contribution < 1.29 is 4.74 Å². The second kappa shape index (κ2) is 5.64. The summed E-state index contributed by atoms with van der Waals surface area (Å²) >= 11 is 0. The lowest BCUT2D eigenvalue weighted by atomic mass is 9.77. The number of ether oxygens (including phenoxy) is 1. The summed E-state index contributed by atoms with van der Waals surface area (Å²) in [6.07, 6.45) is 5.11. The van der Waals surface area contributed by atoms with Gasteiger partial charge in [0.05, 0.1) is 0 Å². The third kappa shape index (κ3) is 2.56. The molecule has 0 radical (unpaired) electrons. The Morgan fingerprint density at radius 3 is 2.47 bits per heavy atom. The molecule has 0 aromatic heterocycles. The topological polar surface area (TPSA) is 21.3 Å². The van der Waals surface area contributed by atoms with Crippen LogP contribution in [0.3, 0.4) is 0 Å². The molecule has 1 saturated carbocycles. The molecule has 19 heavy (non-hydrogen) atoms. The van der Waals surface area contributed by atoms with E-state index in [9.17, 15) is 0 Å². The van der Waals surface area contributed by atoms with Crippen LogP contribution in [0.15, 0.2) is 30.3 Å². The van der Waals surface area contributed by atoms with Crippen LogP contribution in [0.25, 0.3) is 0 Å². The summed E-state index contributed by atoms with van der Waals surface area (Å²) in [6, 6.07) is 11.7. The molecule has 2 nitrogen and oxygen atoms in total. The lowest BCUT2D eigenvalue weighted by Crippen LogP contribution is -2.47. The summed E-state index contributed by atoms with van der Waals surface area (Å²) in [7, 11) is 0. The fourth-order valence-corrected chi connectivity index (χ4v) is 3.77. The van der Waals surface area contributed by atoms with Crippen LogP contribution >= 0.6 is 0 Å². The molecule has 2 heteroatoms. The first kappa shape index (κ1) is 13.1. The quantitative estimate of drug-likeness (QED) is 0.877. The van der Waals surface area contributed by atoms with Gasteiger partial charge < -0.3 is 10.1 Å². The zero-order valence-electron chi connectivity index (χ0n) is 11.9. The third-order valence-electron chi connectivity index (χ3n) is 4.89. The van der Waals surface area contributed by atoms with Gasteiger partial charge >= 0.3 is 0 Å². The van der Waals surface area contributed by atoms with Crippen LogP contribution in [0.2, 0.25) is 0 Å². The molecule has 1 unspecified atom stereocenters. The molecule has 0 amide bonds. The van der Waals surface area contributed by atoms with E-state index >= 15 is 0 Å². The number of rotatable bonds is 5.